The minimum Gasteiger partial charge on any atom is -0.496 e. The predicted octanol–water partition coefficient (Wildman–Crippen LogP) is 5.27. The summed E-state index contributed by atoms with van der Waals surface area (Å²) in [6, 6.07) is 11.9. The zero-order valence-electron chi connectivity index (χ0n) is 17.2. The topological polar surface area (TPSA) is 62.0 Å². The summed E-state index contributed by atoms with van der Waals surface area (Å²) in [6.45, 7) is 7.81. The number of benzene rings is 2. The van der Waals surface area contributed by atoms with Crippen LogP contribution in [0.3, 0.4) is 0 Å². The van der Waals surface area contributed by atoms with Crippen LogP contribution in [0.25, 0.3) is 6.08 Å². The maximum atomic E-state index is 10.3. The van der Waals surface area contributed by atoms with Crippen LogP contribution in [0.5, 0.6) is 5.75 Å². The second-order valence-corrected chi connectivity index (χ2v) is 7.61. The fourth-order valence-electron chi connectivity index (χ4n) is 3.79. The second-order valence-electron chi connectivity index (χ2n) is 7.61. The van der Waals surface area contributed by atoms with E-state index in [2.05, 4.69) is 26.0 Å². The van der Waals surface area contributed by atoms with Crippen molar-refractivity contribution in [2.75, 3.05) is 7.11 Å². The number of aliphatic imine (C=N–C) groups is 1. The highest BCUT2D eigenvalue weighted by Gasteiger charge is 2.36. The molecule has 0 radical (unpaired) electrons. The highest BCUT2D eigenvalue weighted by atomic mass is 16.5. The van der Waals surface area contributed by atoms with Gasteiger partial charge in [0, 0.05) is 11.0 Å². The molecule has 2 aromatic carbocycles. The molecule has 0 fully saturated rings. The molecule has 0 spiro atoms. The minimum absolute atomic E-state index is 0.148. The van der Waals surface area contributed by atoms with Gasteiger partial charge >= 0.3 is 0 Å². The summed E-state index contributed by atoms with van der Waals surface area (Å²) in [7, 11) is 1.60. The maximum Gasteiger partial charge on any atom is 0.126 e. The third-order valence-electron chi connectivity index (χ3n) is 5.77. The lowest BCUT2D eigenvalue weighted by Gasteiger charge is -2.24. The van der Waals surface area contributed by atoms with Crippen LogP contribution in [-0.4, -0.2) is 23.0 Å². The summed E-state index contributed by atoms with van der Waals surface area (Å²) in [4.78, 5) is 4.85. The Labute approximate surface area is 167 Å². The largest absolute Gasteiger partial charge is 0.496 e. The normalized spacial score (nSPS) is 20.8. The average molecular weight is 380 g/mol. The van der Waals surface area contributed by atoms with Gasteiger partial charge in [-0.05, 0) is 74.2 Å². The van der Waals surface area contributed by atoms with Gasteiger partial charge in [0.1, 0.15) is 5.75 Å². The molecule has 3 atom stereocenters. The number of methoxy groups -OCH3 is 1. The number of ether oxygens (including phenoxy) is 1. The first-order chi connectivity index (χ1) is 13.3. The Morgan fingerprint density at radius 2 is 1.82 bits per heavy atom. The lowest BCUT2D eigenvalue weighted by Crippen LogP contribution is -2.27. The molecule has 0 saturated heterocycles. The number of hydrogen-bond donors (Lipinski definition) is 2. The predicted molar refractivity (Wildman–Crippen MR) is 114 cm³/mol. The minimum atomic E-state index is -0.687. The quantitative estimate of drug-likeness (QED) is 0.719. The molecular formula is C24H29NO3. The molecular weight excluding hydrogens is 350 g/mol. The Hall–Kier alpha value is -2.43. The lowest BCUT2D eigenvalue weighted by atomic mass is 9.77. The Kier molecular flexibility index (Phi) is 5.73. The summed E-state index contributed by atoms with van der Waals surface area (Å²) in [5.41, 5.74) is 5.34. The van der Waals surface area contributed by atoms with Crippen molar-refractivity contribution < 1.29 is 14.9 Å². The molecule has 0 saturated carbocycles. The van der Waals surface area contributed by atoms with Gasteiger partial charge in [0.25, 0.3) is 0 Å². The molecule has 1 heterocycles. The van der Waals surface area contributed by atoms with Crippen LogP contribution in [0, 0.1) is 0 Å². The number of fused-ring (bicyclic) bond motifs is 1. The molecule has 0 amide bonds. The Morgan fingerprint density at radius 1 is 1.11 bits per heavy atom. The van der Waals surface area contributed by atoms with Gasteiger partial charge in [-0.1, -0.05) is 25.1 Å². The van der Waals surface area contributed by atoms with E-state index in [1.54, 1.807) is 21.0 Å². The van der Waals surface area contributed by atoms with Crippen LogP contribution in [0.2, 0.25) is 0 Å². The van der Waals surface area contributed by atoms with Gasteiger partial charge in [-0.15, -0.1) is 0 Å². The molecule has 0 bridgehead atoms. The molecule has 0 aliphatic carbocycles. The summed E-state index contributed by atoms with van der Waals surface area (Å²) in [5, 5.41) is 20.3. The first kappa shape index (κ1) is 20.3. The van der Waals surface area contributed by atoms with E-state index >= 15 is 0 Å². The Morgan fingerprint density at radius 3 is 2.43 bits per heavy atom. The van der Waals surface area contributed by atoms with Crippen molar-refractivity contribution in [1.29, 1.82) is 0 Å². The molecule has 4 heteroatoms. The Balaban J connectivity index is 2.08. The van der Waals surface area contributed by atoms with Crippen LogP contribution in [-0.2, 0) is 5.41 Å². The van der Waals surface area contributed by atoms with Crippen LogP contribution in [0.1, 0.15) is 68.6 Å². The van der Waals surface area contributed by atoms with Crippen molar-refractivity contribution >= 4 is 17.5 Å². The molecule has 4 nitrogen and oxygen atoms in total. The van der Waals surface area contributed by atoms with Crippen LogP contribution >= 0.6 is 0 Å². The van der Waals surface area contributed by atoms with E-state index in [-0.39, 0.29) is 5.41 Å². The number of nitrogens with zero attached hydrogens (tertiary/aromatic N) is 1. The third kappa shape index (κ3) is 3.50. The molecule has 0 aromatic heterocycles. The van der Waals surface area contributed by atoms with E-state index in [1.165, 1.54) is 5.56 Å². The van der Waals surface area contributed by atoms with Gasteiger partial charge in [-0.3, -0.25) is 4.99 Å². The van der Waals surface area contributed by atoms with Crippen molar-refractivity contribution in [3.63, 3.8) is 0 Å². The standard InChI is InChI=1S/C24H29NO3/c1-6-24(4)20-9-7-8-10-21(20)25-23(24)12-11-18-19(16(3)27)13-17(15(2)26)14-22(18)28-5/h7-16,26-27H,6H2,1-5H3/b12-11+. The van der Waals surface area contributed by atoms with Gasteiger partial charge in [-0.25, -0.2) is 0 Å². The van der Waals surface area contributed by atoms with Gasteiger partial charge in [0.05, 0.1) is 30.7 Å². The van der Waals surface area contributed by atoms with Crippen molar-refractivity contribution in [2.24, 2.45) is 4.99 Å². The molecule has 1 aliphatic rings. The van der Waals surface area contributed by atoms with Gasteiger partial charge < -0.3 is 14.9 Å². The van der Waals surface area contributed by atoms with Gasteiger partial charge in [-0.2, -0.15) is 0 Å². The molecule has 28 heavy (non-hydrogen) atoms. The first-order valence-electron chi connectivity index (χ1n) is 9.76. The van der Waals surface area contributed by atoms with Crippen LogP contribution in [0.4, 0.5) is 5.69 Å². The highest BCUT2D eigenvalue weighted by Crippen LogP contribution is 2.43. The average Bonchev–Trinajstić information content (AvgIpc) is 2.98. The van der Waals surface area contributed by atoms with Crippen LogP contribution in [0.15, 0.2) is 47.5 Å². The van der Waals surface area contributed by atoms with E-state index in [0.717, 1.165) is 28.9 Å². The molecule has 2 N–H and O–H groups in total. The van der Waals surface area contributed by atoms with Crippen molar-refractivity contribution in [2.45, 2.75) is 51.7 Å². The van der Waals surface area contributed by atoms with Crippen molar-refractivity contribution in [3.8, 4) is 5.75 Å². The monoisotopic (exact) mass is 379 g/mol. The zero-order chi connectivity index (χ0) is 20.5. The fraction of sp³-hybridized carbons (Fsp3) is 0.375. The number of rotatable bonds is 6. The molecule has 3 unspecified atom stereocenters. The molecule has 1 aliphatic heterocycles. The number of hydrogen-bond acceptors (Lipinski definition) is 4. The highest BCUT2D eigenvalue weighted by molar-refractivity contribution is 6.10. The first-order valence-corrected chi connectivity index (χ1v) is 9.76. The van der Waals surface area contributed by atoms with E-state index in [9.17, 15) is 10.2 Å². The van der Waals surface area contributed by atoms with Crippen molar-refractivity contribution in [1.82, 2.24) is 0 Å². The summed E-state index contributed by atoms with van der Waals surface area (Å²) >= 11 is 0. The van der Waals surface area contributed by atoms with E-state index in [4.69, 9.17) is 9.73 Å². The maximum absolute atomic E-state index is 10.3. The van der Waals surface area contributed by atoms with Gasteiger partial charge in [0.2, 0.25) is 0 Å². The Bertz CT molecular complexity index is 927. The summed E-state index contributed by atoms with van der Waals surface area (Å²) < 4.78 is 5.57. The summed E-state index contributed by atoms with van der Waals surface area (Å²) in [6.07, 6.45) is 3.60. The van der Waals surface area contributed by atoms with Gasteiger partial charge in [0.15, 0.2) is 0 Å². The van der Waals surface area contributed by atoms with E-state index < -0.39 is 12.2 Å². The number of aliphatic hydroxyl groups excluding tert-OH is 2. The lowest BCUT2D eigenvalue weighted by molar-refractivity contribution is 0.191. The SMILES string of the molecule is CCC1(C)C(/C=C/c2c(OC)cc(C(C)O)cc2C(C)O)=Nc2ccccc21. The molecule has 2 aromatic rings. The third-order valence-corrected chi connectivity index (χ3v) is 5.77. The smallest absolute Gasteiger partial charge is 0.126 e. The number of allylic oxidation sites excluding steroid dienone is 1. The van der Waals surface area contributed by atoms with Crippen LogP contribution < -0.4 is 4.74 Å². The molecule has 148 valence electrons. The van der Waals surface area contributed by atoms with E-state index in [1.807, 2.05) is 36.4 Å². The van der Waals surface area contributed by atoms with Crippen molar-refractivity contribution in [3.05, 3.63) is 64.7 Å². The van der Waals surface area contributed by atoms with E-state index in [0.29, 0.717) is 11.3 Å². The second kappa shape index (κ2) is 7.90. The number of para-hydroxylation sites is 1. The fourth-order valence-corrected chi connectivity index (χ4v) is 3.79. The number of aliphatic hydroxyl groups is 2. The zero-order valence-corrected chi connectivity index (χ0v) is 17.2. The summed E-state index contributed by atoms with van der Waals surface area (Å²) in [5.74, 6) is 0.625. The molecule has 3 rings (SSSR count).